The smallest absolute Gasteiger partial charge is 0.240 e. The van der Waals surface area contributed by atoms with E-state index in [0.29, 0.717) is 36.6 Å². The van der Waals surface area contributed by atoms with Gasteiger partial charge in [-0.3, -0.25) is 4.79 Å². The van der Waals surface area contributed by atoms with E-state index in [2.05, 4.69) is 22.6 Å². The van der Waals surface area contributed by atoms with Crippen molar-refractivity contribution in [3.8, 4) is 5.75 Å². The van der Waals surface area contributed by atoms with E-state index in [1.807, 2.05) is 19.9 Å². The molecule has 1 atom stereocenters. The number of halogens is 2. The predicted molar refractivity (Wildman–Crippen MR) is 90.0 cm³/mol. The van der Waals surface area contributed by atoms with Gasteiger partial charge in [-0.1, -0.05) is 35.6 Å². The molecular weight excluding hydrogens is 384 g/mol. The molecular formula is C16H19FINO2. The van der Waals surface area contributed by atoms with Crippen molar-refractivity contribution >= 4 is 34.2 Å². The maximum absolute atomic E-state index is 14.3. The van der Waals surface area contributed by atoms with Gasteiger partial charge in [0.2, 0.25) is 5.91 Å². The van der Waals surface area contributed by atoms with E-state index in [1.54, 1.807) is 17.0 Å². The third kappa shape index (κ3) is 3.56. The first kappa shape index (κ1) is 16.3. The average molecular weight is 403 g/mol. The van der Waals surface area contributed by atoms with Crippen LogP contribution in [-0.2, 0) is 4.79 Å². The number of nitrogens with zero attached hydrogens (tertiary/aromatic N) is 1. The van der Waals surface area contributed by atoms with Crippen LogP contribution in [0.2, 0.25) is 0 Å². The van der Waals surface area contributed by atoms with Gasteiger partial charge in [-0.2, -0.15) is 0 Å². The zero-order chi connectivity index (χ0) is 15.4. The molecule has 114 valence electrons. The SMILES string of the molecule is CCCOc1ccc(C2=CCC(I)C(=O)N2CC)c(F)c1. The van der Waals surface area contributed by atoms with Crippen LogP contribution in [0.4, 0.5) is 4.39 Å². The molecule has 3 nitrogen and oxygen atoms in total. The summed E-state index contributed by atoms with van der Waals surface area (Å²) in [5, 5.41) is 0. The third-order valence-corrected chi connectivity index (χ3v) is 4.39. The van der Waals surface area contributed by atoms with E-state index in [-0.39, 0.29) is 15.6 Å². The molecule has 0 saturated carbocycles. The van der Waals surface area contributed by atoms with E-state index < -0.39 is 0 Å². The quantitative estimate of drug-likeness (QED) is 0.549. The second-order valence-corrected chi connectivity index (χ2v) is 6.37. The summed E-state index contributed by atoms with van der Waals surface area (Å²) >= 11 is 2.13. The molecule has 0 fully saturated rings. The molecule has 0 aromatic heterocycles. The fourth-order valence-corrected chi connectivity index (χ4v) is 2.90. The van der Waals surface area contributed by atoms with Gasteiger partial charge in [0.1, 0.15) is 11.6 Å². The number of ether oxygens (including phenoxy) is 1. The Kier molecular flexibility index (Phi) is 5.61. The van der Waals surface area contributed by atoms with E-state index in [4.69, 9.17) is 4.74 Å². The van der Waals surface area contributed by atoms with E-state index in [1.165, 1.54) is 6.07 Å². The lowest BCUT2D eigenvalue weighted by Gasteiger charge is -2.30. The van der Waals surface area contributed by atoms with Crippen LogP contribution in [0.25, 0.3) is 5.70 Å². The molecule has 1 aliphatic heterocycles. The van der Waals surface area contributed by atoms with Crippen molar-refractivity contribution < 1.29 is 13.9 Å². The lowest BCUT2D eigenvalue weighted by molar-refractivity contribution is -0.127. The van der Waals surface area contributed by atoms with Crippen molar-refractivity contribution in [3.63, 3.8) is 0 Å². The Morgan fingerprint density at radius 3 is 2.81 bits per heavy atom. The molecule has 0 radical (unpaired) electrons. The Morgan fingerprint density at radius 2 is 2.19 bits per heavy atom. The van der Waals surface area contributed by atoms with Gasteiger partial charge >= 0.3 is 0 Å². The van der Waals surface area contributed by atoms with Crippen molar-refractivity contribution in [1.29, 1.82) is 0 Å². The van der Waals surface area contributed by atoms with Crippen LogP contribution in [0.15, 0.2) is 24.3 Å². The number of rotatable bonds is 5. The normalized spacial score (nSPS) is 18.7. The topological polar surface area (TPSA) is 29.5 Å². The highest BCUT2D eigenvalue weighted by atomic mass is 127. The molecule has 5 heteroatoms. The van der Waals surface area contributed by atoms with Gasteiger partial charge in [-0.15, -0.1) is 0 Å². The van der Waals surface area contributed by atoms with Crippen molar-refractivity contribution in [2.24, 2.45) is 0 Å². The highest BCUT2D eigenvalue weighted by molar-refractivity contribution is 14.1. The molecule has 1 aromatic rings. The van der Waals surface area contributed by atoms with E-state index >= 15 is 0 Å². The largest absolute Gasteiger partial charge is 0.494 e. The number of carbonyl (C=O) groups excluding carboxylic acids is 1. The van der Waals surface area contributed by atoms with Gasteiger partial charge < -0.3 is 9.64 Å². The molecule has 1 heterocycles. The first-order valence-corrected chi connectivity index (χ1v) is 8.41. The summed E-state index contributed by atoms with van der Waals surface area (Å²) in [6.45, 7) is 5.01. The summed E-state index contributed by atoms with van der Waals surface area (Å²) in [5.74, 6) is 0.213. The molecule has 1 amide bonds. The molecule has 0 spiro atoms. The minimum Gasteiger partial charge on any atom is -0.494 e. The first-order valence-electron chi connectivity index (χ1n) is 7.16. The van der Waals surface area contributed by atoms with Gasteiger partial charge in [0, 0.05) is 23.9 Å². The minimum absolute atomic E-state index is 0.0429. The molecule has 0 aliphatic carbocycles. The fraction of sp³-hybridized carbons (Fsp3) is 0.438. The standard InChI is InChI=1S/C16H19FINO2/c1-3-9-21-11-5-6-12(13(17)10-11)15-8-7-14(18)16(20)19(15)4-2/h5-6,8,10,14H,3-4,7,9H2,1-2H3. The highest BCUT2D eigenvalue weighted by Crippen LogP contribution is 2.31. The zero-order valence-electron chi connectivity index (χ0n) is 12.2. The average Bonchev–Trinajstić information content (AvgIpc) is 2.48. The van der Waals surface area contributed by atoms with Crippen LogP contribution in [0.3, 0.4) is 0 Å². The fourth-order valence-electron chi connectivity index (χ4n) is 2.31. The summed E-state index contributed by atoms with van der Waals surface area (Å²) < 4.78 is 19.7. The number of alkyl halides is 1. The Morgan fingerprint density at radius 1 is 1.43 bits per heavy atom. The molecule has 21 heavy (non-hydrogen) atoms. The monoisotopic (exact) mass is 403 g/mol. The highest BCUT2D eigenvalue weighted by Gasteiger charge is 2.29. The van der Waals surface area contributed by atoms with Gasteiger partial charge in [0.05, 0.1) is 10.5 Å². The van der Waals surface area contributed by atoms with Crippen molar-refractivity contribution in [1.82, 2.24) is 4.90 Å². The second kappa shape index (κ2) is 7.24. The molecule has 2 rings (SSSR count). The number of hydrogen-bond acceptors (Lipinski definition) is 2. The Labute approximate surface area is 138 Å². The molecule has 0 N–H and O–H groups in total. The molecule has 0 bridgehead atoms. The molecule has 1 aliphatic rings. The number of hydrogen-bond donors (Lipinski definition) is 0. The van der Waals surface area contributed by atoms with Crippen LogP contribution in [-0.4, -0.2) is 27.9 Å². The summed E-state index contributed by atoms with van der Waals surface area (Å²) in [4.78, 5) is 13.8. The number of amides is 1. The van der Waals surface area contributed by atoms with Gasteiger partial charge in [-0.25, -0.2) is 4.39 Å². The van der Waals surface area contributed by atoms with Crippen molar-refractivity contribution in [2.75, 3.05) is 13.2 Å². The summed E-state index contributed by atoms with van der Waals surface area (Å²) in [6, 6.07) is 4.83. The van der Waals surface area contributed by atoms with Crippen LogP contribution in [0.5, 0.6) is 5.75 Å². The lowest BCUT2D eigenvalue weighted by atomic mass is 10.0. The lowest BCUT2D eigenvalue weighted by Crippen LogP contribution is -2.38. The number of carbonyl (C=O) groups is 1. The van der Waals surface area contributed by atoms with Gasteiger partial charge in [0.15, 0.2) is 0 Å². The molecule has 1 unspecified atom stereocenters. The van der Waals surface area contributed by atoms with E-state index in [0.717, 1.165) is 6.42 Å². The van der Waals surface area contributed by atoms with Crippen LogP contribution in [0, 0.1) is 5.82 Å². The van der Waals surface area contributed by atoms with Crippen molar-refractivity contribution in [3.05, 3.63) is 35.7 Å². The summed E-state index contributed by atoms with van der Waals surface area (Å²) in [7, 11) is 0. The Hall–Kier alpha value is -1.11. The first-order chi connectivity index (χ1) is 10.1. The van der Waals surface area contributed by atoms with Crippen LogP contribution < -0.4 is 4.74 Å². The number of allylic oxidation sites excluding steroid dienone is 1. The summed E-state index contributed by atoms with van der Waals surface area (Å²) in [5.41, 5.74) is 1.12. The van der Waals surface area contributed by atoms with E-state index in [9.17, 15) is 9.18 Å². The second-order valence-electron chi connectivity index (χ2n) is 4.87. The summed E-state index contributed by atoms with van der Waals surface area (Å²) in [6.07, 6.45) is 3.45. The van der Waals surface area contributed by atoms with Crippen molar-refractivity contribution in [2.45, 2.75) is 30.6 Å². The molecule has 0 saturated heterocycles. The number of benzene rings is 1. The maximum Gasteiger partial charge on any atom is 0.240 e. The molecule has 1 aromatic carbocycles. The Bertz CT molecular complexity index is 559. The minimum atomic E-state index is -0.354. The van der Waals surface area contributed by atoms with Crippen LogP contribution in [0.1, 0.15) is 32.3 Å². The zero-order valence-corrected chi connectivity index (χ0v) is 14.4. The predicted octanol–water partition coefficient (Wildman–Crippen LogP) is 4.01. The van der Waals surface area contributed by atoms with Gasteiger partial charge in [0.25, 0.3) is 0 Å². The maximum atomic E-state index is 14.3. The van der Waals surface area contributed by atoms with Gasteiger partial charge in [-0.05, 0) is 31.9 Å². The Balaban J connectivity index is 2.30. The van der Waals surface area contributed by atoms with Crippen LogP contribution >= 0.6 is 22.6 Å². The third-order valence-electron chi connectivity index (χ3n) is 3.35.